The van der Waals surface area contributed by atoms with Crippen LogP contribution < -0.4 is 4.90 Å². The fourth-order valence-electron chi connectivity index (χ4n) is 1.85. The number of anilines is 1. The summed E-state index contributed by atoms with van der Waals surface area (Å²) in [4.78, 5) is 25.0. The van der Waals surface area contributed by atoms with Crippen molar-refractivity contribution >= 4 is 29.0 Å². The first-order chi connectivity index (χ1) is 8.58. The molecular weight excluding hydrogens is 258 g/mol. The number of nitrogens with zero attached hydrogens (tertiary/aromatic N) is 1. The Morgan fingerprint density at radius 2 is 1.94 bits per heavy atom. The van der Waals surface area contributed by atoms with Crippen molar-refractivity contribution in [1.29, 1.82) is 0 Å². The Balaban J connectivity index is 2.34. The molecule has 0 bridgehead atoms. The molecule has 1 aromatic rings. The highest BCUT2D eigenvalue weighted by molar-refractivity contribution is 6.52. The predicted octanol–water partition coefficient (Wildman–Crippen LogP) is 1.49. The average molecular weight is 270 g/mol. The van der Waals surface area contributed by atoms with Crippen LogP contribution in [0, 0.1) is 0 Å². The zero-order chi connectivity index (χ0) is 13.3. The Bertz CT molecular complexity index is 499. The molecule has 0 atom stereocenters. The maximum absolute atomic E-state index is 11.9. The zero-order valence-corrected chi connectivity index (χ0v) is 10.7. The molecule has 2 rings (SSSR count). The molecule has 96 valence electrons. The first-order valence-electron chi connectivity index (χ1n) is 5.29. The average Bonchev–Trinajstić information content (AvgIpc) is 2.60. The highest BCUT2D eigenvalue weighted by Gasteiger charge is 2.37. The first kappa shape index (κ1) is 13.0. The van der Waals surface area contributed by atoms with E-state index in [0.29, 0.717) is 16.3 Å². The van der Waals surface area contributed by atoms with Gasteiger partial charge in [-0.1, -0.05) is 11.6 Å². The fourth-order valence-corrected chi connectivity index (χ4v) is 2.02. The van der Waals surface area contributed by atoms with Gasteiger partial charge in [0.2, 0.25) is 0 Å². The van der Waals surface area contributed by atoms with Crippen LogP contribution in [0.4, 0.5) is 5.69 Å². The van der Waals surface area contributed by atoms with Gasteiger partial charge in [0.05, 0.1) is 17.8 Å². The van der Waals surface area contributed by atoms with E-state index in [-0.39, 0.29) is 6.54 Å². The number of ketones is 1. The quantitative estimate of drug-likeness (QED) is 0.614. The largest absolute Gasteiger partial charge is 0.354 e. The summed E-state index contributed by atoms with van der Waals surface area (Å²) < 4.78 is 10.1. The van der Waals surface area contributed by atoms with Crippen LogP contribution in [0.3, 0.4) is 0 Å². The van der Waals surface area contributed by atoms with Crippen LogP contribution >= 0.6 is 11.6 Å². The molecule has 0 N–H and O–H groups in total. The van der Waals surface area contributed by atoms with E-state index in [1.807, 2.05) is 0 Å². The van der Waals surface area contributed by atoms with Crippen molar-refractivity contribution < 1.29 is 19.1 Å². The first-order valence-corrected chi connectivity index (χ1v) is 5.67. The van der Waals surface area contributed by atoms with E-state index in [1.165, 1.54) is 25.2 Å². The maximum Gasteiger partial charge on any atom is 0.299 e. The summed E-state index contributed by atoms with van der Waals surface area (Å²) in [6.07, 6.45) is -0.580. The predicted molar refractivity (Wildman–Crippen MR) is 65.9 cm³/mol. The normalized spacial score (nSPS) is 14.6. The van der Waals surface area contributed by atoms with Crippen molar-refractivity contribution in [2.45, 2.75) is 6.29 Å². The number of carbonyl (C=O) groups is 2. The molecule has 0 fully saturated rings. The van der Waals surface area contributed by atoms with Gasteiger partial charge >= 0.3 is 0 Å². The second-order valence-electron chi connectivity index (χ2n) is 3.81. The summed E-state index contributed by atoms with van der Waals surface area (Å²) in [6, 6.07) is 4.77. The van der Waals surface area contributed by atoms with E-state index in [1.54, 1.807) is 12.1 Å². The number of hydrogen-bond donors (Lipinski definition) is 0. The Kier molecular flexibility index (Phi) is 3.65. The molecule has 0 radical (unpaired) electrons. The van der Waals surface area contributed by atoms with Gasteiger partial charge in [-0.25, -0.2) is 0 Å². The zero-order valence-electron chi connectivity index (χ0n) is 9.97. The number of amides is 1. The third kappa shape index (κ3) is 2.12. The lowest BCUT2D eigenvalue weighted by Crippen LogP contribution is -2.38. The lowest BCUT2D eigenvalue weighted by atomic mass is 10.1. The molecule has 0 spiro atoms. The second-order valence-corrected chi connectivity index (χ2v) is 4.24. The number of carbonyl (C=O) groups excluding carboxylic acids is 2. The summed E-state index contributed by atoms with van der Waals surface area (Å²) in [5.41, 5.74) is 0.854. The van der Waals surface area contributed by atoms with Crippen LogP contribution in [0.25, 0.3) is 0 Å². The van der Waals surface area contributed by atoms with E-state index in [0.717, 1.165) is 0 Å². The fraction of sp³-hybridized carbons (Fsp3) is 0.333. The van der Waals surface area contributed by atoms with E-state index in [4.69, 9.17) is 21.1 Å². The van der Waals surface area contributed by atoms with Gasteiger partial charge in [-0.3, -0.25) is 14.5 Å². The van der Waals surface area contributed by atoms with Crippen molar-refractivity contribution in [2.24, 2.45) is 0 Å². The van der Waals surface area contributed by atoms with Crippen LogP contribution in [0.1, 0.15) is 10.4 Å². The molecule has 6 heteroatoms. The smallest absolute Gasteiger partial charge is 0.299 e. The van der Waals surface area contributed by atoms with Gasteiger partial charge in [0.1, 0.15) is 0 Å². The van der Waals surface area contributed by atoms with Crippen molar-refractivity contribution in [3.8, 4) is 0 Å². The summed E-state index contributed by atoms with van der Waals surface area (Å²) in [7, 11) is 2.94. The van der Waals surface area contributed by atoms with Gasteiger partial charge in [-0.15, -0.1) is 0 Å². The number of Topliss-reactive ketones (excluding diaryl/α,β-unsaturated/α-hetero) is 1. The van der Waals surface area contributed by atoms with Crippen LogP contribution in [0.5, 0.6) is 0 Å². The third-order valence-electron chi connectivity index (χ3n) is 2.79. The molecule has 5 nitrogen and oxygen atoms in total. The highest BCUT2D eigenvalue weighted by Crippen LogP contribution is 2.31. The highest BCUT2D eigenvalue weighted by atomic mass is 35.5. The Morgan fingerprint density at radius 1 is 1.28 bits per heavy atom. The molecule has 1 aromatic carbocycles. The van der Waals surface area contributed by atoms with E-state index in [2.05, 4.69) is 0 Å². The van der Waals surface area contributed by atoms with Crippen LogP contribution in [0.15, 0.2) is 18.2 Å². The van der Waals surface area contributed by atoms with Crippen LogP contribution in [-0.4, -0.2) is 38.7 Å². The molecule has 1 amide bonds. The van der Waals surface area contributed by atoms with Crippen molar-refractivity contribution in [2.75, 3.05) is 25.7 Å². The van der Waals surface area contributed by atoms with Gasteiger partial charge in [0, 0.05) is 19.2 Å². The number of halogens is 1. The summed E-state index contributed by atoms with van der Waals surface area (Å²) in [5, 5.41) is 0.423. The second kappa shape index (κ2) is 5.06. The lowest BCUT2D eigenvalue weighted by Gasteiger charge is -2.21. The van der Waals surface area contributed by atoms with Gasteiger partial charge in [0.15, 0.2) is 6.29 Å². The molecule has 1 heterocycles. The van der Waals surface area contributed by atoms with Gasteiger partial charge in [-0.05, 0) is 18.2 Å². The molecular formula is C12H12ClNO4. The minimum atomic E-state index is -0.591. The van der Waals surface area contributed by atoms with Crippen molar-refractivity contribution in [1.82, 2.24) is 0 Å². The number of rotatable bonds is 4. The minimum absolute atomic E-state index is 0.159. The summed E-state index contributed by atoms with van der Waals surface area (Å²) in [5.74, 6) is -1.15. The van der Waals surface area contributed by atoms with Gasteiger partial charge < -0.3 is 9.47 Å². The number of benzene rings is 1. The number of fused-ring (bicyclic) bond motifs is 1. The standard InChI is InChI=1S/C12H12ClNO4/c1-17-10(18-2)6-14-9-4-3-7(13)5-8(9)11(15)12(14)16/h3-5,10H,6H2,1-2H3. The van der Waals surface area contributed by atoms with Crippen LogP contribution in [-0.2, 0) is 14.3 Å². The van der Waals surface area contributed by atoms with E-state index < -0.39 is 18.0 Å². The Morgan fingerprint density at radius 3 is 2.56 bits per heavy atom. The molecule has 0 unspecified atom stereocenters. The molecule has 0 saturated heterocycles. The molecule has 0 saturated carbocycles. The van der Waals surface area contributed by atoms with E-state index in [9.17, 15) is 9.59 Å². The van der Waals surface area contributed by atoms with Crippen molar-refractivity contribution in [3.63, 3.8) is 0 Å². The SMILES string of the molecule is COC(CN1C(=O)C(=O)c2cc(Cl)ccc21)OC. The topological polar surface area (TPSA) is 55.8 Å². The molecule has 1 aliphatic rings. The lowest BCUT2D eigenvalue weighted by molar-refractivity contribution is -0.119. The minimum Gasteiger partial charge on any atom is -0.354 e. The van der Waals surface area contributed by atoms with Crippen LogP contribution in [0.2, 0.25) is 5.02 Å². The monoisotopic (exact) mass is 269 g/mol. The Labute approximate surface area is 109 Å². The maximum atomic E-state index is 11.9. The van der Waals surface area contributed by atoms with E-state index >= 15 is 0 Å². The van der Waals surface area contributed by atoms with Gasteiger partial charge in [0.25, 0.3) is 11.7 Å². The summed E-state index contributed by atoms with van der Waals surface area (Å²) in [6.45, 7) is 0.159. The molecule has 18 heavy (non-hydrogen) atoms. The number of ether oxygens (including phenoxy) is 2. The van der Waals surface area contributed by atoms with Crippen molar-refractivity contribution in [3.05, 3.63) is 28.8 Å². The van der Waals surface area contributed by atoms with Gasteiger partial charge in [-0.2, -0.15) is 0 Å². The number of methoxy groups -OCH3 is 2. The summed E-state index contributed by atoms with van der Waals surface area (Å²) >= 11 is 5.81. The third-order valence-corrected chi connectivity index (χ3v) is 3.03. The molecule has 0 aliphatic carbocycles. The number of hydrogen-bond acceptors (Lipinski definition) is 4. The molecule has 1 aliphatic heterocycles. The Hall–Kier alpha value is -1.43. The molecule has 0 aromatic heterocycles.